The van der Waals surface area contributed by atoms with Gasteiger partial charge in [-0.2, -0.15) is 5.26 Å². The summed E-state index contributed by atoms with van der Waals surface area (Å²) in [6.07, 6.45) is 1.74. The van der Waals surface area contributed by atoms with Crippen LogP contribution in [-0.4, -0.2) is 11.5 Å². The number of hydrogen-bond donors (Lipinski definition) is 0. The average Bonchev–Trinajstić information content (AvgIpc) is 1.96. The van der Waals surface area contributed by atoms with Crippen LogP contribution < -0.4 is 0 Å². The molecule has 0 radical (unpaired) electrons. The Bertz CT molecular complexity index is 118. The van der Waals surface area contributed by atoms with Gasteiger partial charge in [0, 0.05) is 17.9 Å². The van der Waals surface area contributed by atoms with Gasteiger partial charge >= 0.3 is 0 Å². The van der Waals surface area contributed by atoms with Gasteiger partial charge < -0.3 is 0 Å². The molecule has 0 aliphatic heterocycles. The first-order valence-corrected chi connectivity index (χ1v) is 6.37. The van der Waals surface area contributed by atoms with Gasteiger partial charge in [0.1, 0.15) is 0 Å². The van der Waals surface area contributed by atoms with Gasteiger partial charge in [-0.15, -0.1) is 0 Å². The van der Waals surface area contributed by atoms with Gasteiger partial charge in [-0.3, -0.25) is 0 Å². The van der Waals surface area contributed by atoms with E-state index in [1.807, 2.05) is 21.6 Å². The van der Waals surface area contributed by atoms with Crippen LogP contribution >= 0.6 is 21.6 Å². The Morgan fingerprint density at radius 2 is 2.09 bits per heavy atom. The molecular formula is C8H15NS2. The van der Waals surface area contributed by atoms with Crippen LogP contribution in [0, 0.1) is 17.2 Å². The largest absolute Gasteiger partial charge is 0.198 e. The molecule has 0 saturated heterocycles. The lowest BCUT2D eigenvalue weighted by Crippen LogP contribution is -1.88. The van der Waals surface area contributed by atoms with Crippen LogP contribution in [0.2, 0.25) is 0 Å². The molecular weight excluding hydrogens is 174 g/mol. The predicted molar refractivity (Wildman–Crippen MR) is 54.6 cm³/mol. The van der Waals surface area contributed by atoms with Gasteiger partial charge in [-0.1, -0.05) is 35.4 Å². The molecule has 0 atom stereocenters. The van der Waals surface area contributed by atoms with Crippen molar-refractivity contribution < 1.29 is 0 Å². The molecule has 0 aromatic rings. The fraction of sp³-hybridized carbons (Fsp3) is 0.875. The molecule has 0 aliphatic carbocycles. The average molecular weight is 189 g/mol. The van der Waals surface area contributed by atoms with E-state index in [9.17, 15) is 0 Å². The standard InChI is InChI=1S/C8H15NS2/c1-8(2)7-11-10-6-4-3-5-9/h8H,3-4,6-7H2,1-2H3. The Balaban J connectivity index is 2.86. The zero-order chi connectivity index (χ0) is 8.53. The molecule has 0 rings (SSSR count). The van der Waals surface area contributed by atoms with Crippen molar-refractivity contribution in [2.75, 3.05) is 11.5 Å². The second-order valence-corrected chi connectivity index (χ2v) is 5.39. The van der Waals surface area contributed by atoms with E-state index in [2.05, 4.69) is 19.9 Å². The van der Waals surface area contributed by atoms with Crippen molar-refractivity contribution in [2.24, 2.45) is 5.92 Å². The van der Waals surface area contributed by atoms with E-state index in [4.69, 9.17) is 5.26 Å². The van der Waals surface area contributed by atoms with Crippen molar-refractivity contribution in [2.45, 2.75) is 26.7 Å². The van der Waals surface area contributed by atoms with E-state index < -0.39 is 0 Å². The normalized spacial score (nSPS) is 10.0. The van der Waals surface area contributed by atoms with Crippen LogP contribution in [-0.2, 0) is 0 Å². The molecule has 0 spiro atoms. The van der Waals surface area contributed by atoms with E-state index in [0.29, 0.717) is 6.42 Å². The summed E-state index contributed by atoms with van der Waals surface area (Å²) >= 11 is 0. The first-order valence-electron chi connectivity index (χ1n) is 3.88. The van der Waals surface area contributed by atoms with Crippen molar-refractivity contribution in [1.82, 2.24) is 0 Å². The highest BCUT2D eigenvalue weighted by atomic mass is 33.1. The Kier molecular flexibility index (Phi) is 8.43. The van der Waals surface area contributed by atoms with Crippen LogP contribution in [0.1, 0.15) is 26.7 Å². The molecule has 0 bridgehead atoms. The maximum Gasteiger partial charge on any atom is 0.0622 e. The monoisotopic (exact) mass is 189 g/mol. The minimum atomic E-state index is 0.704. The van der Waals surface area contributed by atoms with Gasteiger partial charge in [0.15, 0.2) is 0 Å². The summed E-state index contributed by atoms with van der Waals surface area (Å²) in [4.78, 5) is 0. The molecule has 0 aromatic heterocycles. The first kappa shape index (κ1) is 11.2. The summed E-state index contributed by atoms with van der Waals surface area (Å²) in [6, 6.07) is 2.14. The highest BCUT2D eigenvalue weighted by Gasteiger charge is 1.94. The zero-order valence-electron chi connectivity index (χ0n) is 7.17. The zero-order valence-corrected chi connectivity index (χ0v) is 8.80. The van der Waals surface area contributed by atoms with Gasteiger partial charge in [-0.05, 0) is 12.3 Å². The maximum absolute atomic E-state index is 8.24. The SMILES string of the molecule is CC(C)CSSCCCC#N. The lowest BCUT2D eigenvalue weighted by atomic mass is 10.3. The molecule has 0 fully saturated rings. The van der Waals surface area contributed by atoms with E-state index >= 15 is 0 Å². The van der Waals surface area contributed by atoms with E-state index in [1.165, 1.54) is 5.75 Å². The minimum absolute atomic E-state index is 0.704. The fourth-order valence-corrected chi connectivity index (χ4v) is 3.01. The molecule has 3 heteroatoms. The number of rotatable bonds is 6. The lowest BCUT2D eigenvalue weighted by Gasteiger charge is -2.01. The number of hydrogen-bond acceptors (Lipinski definition) is 3. The third-order valence-electron chi connectivity index (χ3n) is 1.00. The smallest absolute Gasteiger partial charge is 0.0622 e. The third-order valence-corrected chi connectivity index (χ3v) is 3.83. The molecule has 0 N–H and O–H groups in total. The van der Waals surface area contributed by atoms with E-state index in [-0.39, 0.29) is 0 Å². The Morgan fingerprint density at radius 1 is 1.36 bits per heavy atom. The van der Waals surface area contributed by atoms with Crippen LogP contribution in [0.25, 0.3) is 0 Å². The first-order chi connectivity index (χ1) is 5.27. The van der Waals surface area contributed by atoms with Crippen LogP contribution in [0.15, 0.2) is 0 Å². The van der Waals surface area contributed by atoms with Crippen LogP contribution in [0.4, 0.5) is 0 Å². The van der Waals surface area contributed by atoms with Crippen molar-refractivity contribution in [3.8, 4) is 6.07 Å². The second kappa shape index (κ2) is 8.29. The van der Waals surface area contributed by atoms with Gasteiger partial charge in [0.05, 0.1) is 6.07 Å². The summed E-state index contributed by atoms with van der Waals surface area (Å²) < 4.78 is 0. The Morgan fingerprint density at radius 3 is 2.64 bits per heavy atom. The van der Waals surface area contributed by atoms with Crippen molar-refractivity contribution >= 4 is 21.6 Å². The molecule has 0 aromatic carbocycles. The fourth-order valence-electron chi connectivity index (χ4n) is 0.453. The molecule has 0 saturated carbocycles. The molecule has 0 heterocycles. The number of unbranched alkanes of at least 4 members (excludes halogenated alkanes) is 1. The van der Waals surface area contributed by atoms with Gasteiger partial charge in [-0.25, -0.2) is 0 Å². The van der Waals surface area contributed by atoms with E-state index in [1.54, 1.807) is 0 Å². The summed E-state index contributed by atoms with van der Waals surface area (Å²) in [6.45, 7) is 4.45. The molecule has 0 unspecified atom stereocenters. The van der Waals surface area contributed by atoms with Crippen LogP contribution in [0.5, 0.6) is 0 Å². The maximum atomic E-state index is 8.24. The number of nitriles is 1. The molecule has 64 valence electrons. The molecule has 1 nitrogen and oxygen atoms in total. The lowest BCUT2D eigenvalue weighted by molar-refractivity contribution is 0.752. The molecule has 11 heavy (non-hydrogen) atoms. The number of nitrogens with zero attached hydrogens (tertiary/aromatic N) is 1. The third kappa shape index (κ3) is 10.2. The predicted octanol–water partition coefficient (Wildman–Crippen LogP) is 3.33. The molecule has 0 amide bonds. The van der Waals surface area contributed by atoms with Crippen molar-refractivity contribution in [1.29, 1.82) is 5.26 Å². The Hall–Kier alpha value is 0.190. The van der Waals surface area contributed by atoms with Crippen molar-refractivity contribution in [3.05, 3.63) is 0 Å². The van der Waals surface area contributed by atoms with E-state index in [0.717, 1.165) is 18.1 Å². The quantitative estimate of drug-likeness (QED) is 0.473. The topological polar surface area (TPSA) is 23.8 Å². The van der Waals surface area contributed by atoms with Crippen molar-refractivity contribution in [3.63, 3.8) is 0 Å². The summed E-state index contributed by atoms with van der Waals surface area (Å²) in [7, 11) is 3.81. The summed E-state index contributed by atoms with van der Waals surface area (Å²) in [5.41, 5.74) is 0. The highest BCUT2D eigenvalue weighted by Crippen LogP contribution is 2.24. The Labute approximate surface area is 77.3 Å². The second-order valence-electron chi connectivity index (χ2n) is 2.76. The minimum Gasteiger partial charge on any atom is -0.198 e. The highest BCUT2D eigenvalue weighted by molar-refractivity contribution is 8.76. The van der Waals surface area contributed by atoms with Gasteiger partial charge in [0.25, 0.3) is 0 Å². The summed E-state index contributed by atoms with van der Waals surface area (Å²) in [5.74, 6) is 3.12. The summed E-state index contributed by atoms with van der Waals surface area (Å²) in [5, 5.41) is 8.24. The van der Waals surface area contributed by atoms with Crippen LogP contribution in [0.3, 0.4) is 0 Å². The molecule has 0 aliphatic rings. The van der Waals surface area contributed by atoms with Gasteiger partial charge in [0.2, 0.25) is 0 Å².